The molecule has 3 radical (unpaired) electrons. The first-order chi connectivity index (χ1) is 8.01. The van der Waals surface area contributed by atoms with Gasteiger partial charge >= 0.3 is 0 Å². The molecule has 0 bridgehead atoms. The van der Waals surface area contributed by atoms with Crippen LogP contribution < -0.4 is 0 Å². The zero-order chi connectivity index (χ0) is 12.8. The summed E-state index contributed by atoms with van der Waals surface area (Å²) in [5.41, 5.74) is 0. The third-order valence-electron chi connectivity index (χ3n) is 2.52. The highest BCUT2D eigenvalue weighted by atomic mass is 15.3. The molecule has 0 unspecified atom stereocenters. The lowest BCUT2D eigenvalue weighted by Crippen LogP contribution is -2.62. The highest BCUT2D eigenvalue weighted by Crippen LogP contribution is 2.07. The summed E-state index contributed by atoms with van der Waals surface area (Å²) in [6.07, 6.45) is 1.18. The molecule has 0 aliphatic carbocycles. The van der Waals surface area contributed by atoms with E-state index < -0.39 is 0 Å². The molecule has 0 aromatic carbocycles. The zero-order valence-electron chi connectivity index (χ0n) is 12.1. The van der Waals surface area contributed by atoms with Gasteiger partial charge in [-0.2, -0.15) is 0 Å². The predicted octanol–water partition coefficient (Wildman–Crippen LogP) is 1.23. The van der Waals surface area contributed by atoms with Gasteiger partial charge in [0.25, 0.3) is 22.6 Å². The molecular weight excluding hydrogens is 207 g/mol. The number of hydrogen-bond acceptors (Lipinski definition) is 3. The maximum atomic E-state index is 2.31. The van der Waals surface area contributed by atoms with Gasteiger partial charge in [0.15, 0.2) is 0 Å². The fraction of sp³-hybridized carbons (Fsp3) is 1.00. The Morgan fingerprint density at radius 1 is 0.765 bits per heavy atom. The summed E-state index contributed by atoms with van der Waals surface area (Å²) in [5.74, 6) is 1.37. The van der Waals surface area contributed by atoms with E-state index in [9.17, 15) is 0 Å². The summed E-state index contributed by atoms with van der Waals surface area (Å²) < 4.78 is 6.91. The highest BCUT2D eigenvalue weighted by Gasteiger charge is 2.28. The van der Waals surface area contributed by atoms with Crippen LogP contribution in [0.3, 0.4) is 0 Å². The second-order valence-corrected chi connectivity index (χ2v) is 5.77. The minimum Gasteiger partial charge on any atom is -0.365 e. The van der Waals surface area contributed by atoms with Crippen LogP contribution in [0, 0.1) is 11.8 Å². The Kier molecular flexibility index (Phi) is 6.67. The van der Waals surface area contributed by atoms with Crippen molar-refractivity contribution in [1.29, 1.82) is 0 Å². The molecule has 0 aromatic rings. The van der Waals surface area contributed by atoms with Gasteiger partial charge in [0.2, 0.25) is 0 Å². The Bertz CT molecular complexity index is 196. The minimum atomic E-state index is 0.685. The molecule has 17 heavy (non-hydrogen) atoms. The standard InChI is InChI=1S/C11H25B3N3/c1-6-7-15-12-16(8-10(2)3)14-17(13-15)9-11(4)5/h10-11H,6-9H2,1-5H3. The normalized spacial score (nSPS) is 19.2. The van der Waals surface area contributed by atoms with Gasteiger partial charge in [-0.15, -0.1) is 0 Å². The molecule has 1 rings (SSSR count). The van der Waals surface area contributed by atoms with Crippen molar-refractivity contribution in [3.63, 3.8) is 0 Å². The molecule has 6 heteroatoms. The summed E-state index contributed by atoms with van der Waals surface area (Å²) in [7, 11) is 6.67. The number of rotatable bonds is 6. The first-order valence-electron chi connectivity index (χ1n) is 6.83. The Morgan fingerprint density at radius 3 is 1.53 bits per heavy atom. The fourth-order valence-electron chi connectivity index (χ4n) is 2.07. The Morgan fingerprint density at radius 2 is 1.18 bits per heavy atom. The molecule has 93 valence electrons. The summed E-state index contributed by atoms with van der Waals surface area (Å²) in [4.78, 5) is 0. The van der Waals surface area contributed by atoms with Crippen LogP contribution in [0.25, 0.3) is 0 Å². The molecule has 1 fully saturated rings. The smallest absolute Gasteiger partial charge is 0.290 e. The van der Waals surface area contributed by atoms with E-state index in [1.54, 1.807) is 0 Å². The minimum absolute atomic E-state index is 0.685. The van der Waals surface area contributed by atoms with Gasteiger partial charge in [-0.1, -0.05) is 34.6 Å². The predicted molar refractivity (Wildman–Crippen MR) is 77.3 cm³/mol. The van der Waals surface area contributed by atoms with Gasteiger partial charge in [0.1, 0.15) is 0 Å². The van der Waals surface area contributed by atoms with Gasteiger partial charge in [0.05, 0.1) is 0 Å². The molecule has 0 amide bonds. The molecule has 0 saturated carbocycles. The first kappa shape index (κ1) is 15.1. The van der Waals surface area contributed by atoms with Crippen LogP contribution in [0.1, 0.15) is 41.0 Å². The van der Waals surface area contributed by atoms with E-state index in [1.165, 1.54) is 6.42 Å². The summed E-state index contributed by atoms with van der Waals surface area (Å²) in [6.45, 7) is 14.5. The van der Waals surface area contributed by atoms with E-state index in [4.69, 9.17) is 0 Å². The largest absolute Gasteiger partial charge is 0.365 e. The van der Waals surface area contributed by atoms with Gasteiger partial charge in [-0.05, 0) is 37.9 Å². The molecule has 0 N–H and O–H groups in total. The van der Waals surface area contributed by atoms with Gasteiger partial charge < -0.3 is 14.2 Å². The fourth-order valence-corrected chi connectivity index (χ4v) is 2.07. The lowest BCUT2D eigenvalue weighted by Gasteiger charge is -2.41. The van der Waals surface area contributed by atoms with Crippen LogP contribution in [0.5, 0.6) is 0 Å². The van der Waals surface area contributed by atoms with Crippen molar-refractivity contribution >= 4 is 22.6 Å². The van der Waals surface area contributed by atoms with Crippen LogP contribution in [0.15, 0.2) is 0 Å². The van der Waals surface area contributed by atoms with Gasteiger partial charge in [-0.25, -0.2) is 0 Å². The summed E-state index contributed by atoms with van der Waals surface area (Å²) in [5, 5.41) is 0. The van der Waals surface area contributed by atoms with Crippen LogP contribution in [0.4, 0.5) is 0 Å². The SMILES string of the molecule is CCCN1[B]N(CC(C)C)[B]N(CC(C)C)[B]1. The van der Waals surface area contributed by atoms with Crippen LogP contribution in [-0.2, 0) is 0 Å². The Labute approximate surface area is 110 Å². The van der Waals surface area contributed by atoms with E-state index in [2.05, 4.69) is 71.4 Å². The number of nitrogens with zero attached hydrogens (tertiary/aromatic N) is 3. The van der Waals surface area contributed by atoms with Crippen molar-refractivity contribution in [2.45, 2.75) is 41.0 Å². The molecule has 0 spiro atoms. The van der Waals surface area contributed by atoms with Crippen molar-refractivity contribution in [3.8, 4) is 0 Å². The van der Waals surface area contributed by atoms with Crippen molar-refractivity contribution in [2.24, 2.45) is 11.8 Å². The van der Waals surface area contributed by atoms with Gasteiger partial charge in [0, 0.05) is 0 Å². The molecular formula is C11H25B3N3. The first-order valence-corrected chi connectivity index (χ1v) is 6.83. The quantitative estimate of drug-likeness (QED) is 0.637. The molecule has 0 aromatic heterocycles. The lowest BCUT2D eigenvalue weighted by atomic mass is 9.72. The molecule has 0 atom stereocenters. The van der Waals surface area contributed by atoms with Gasteiger partial charge in [-0.3, -0.25) is 0 Å². The number of hydrogen-bond donors (Lipinski definition) is 0. The summed E-state index contributed by atoms with van der Waals surface area (Å²) in [6, 6.07) is 0. The van der Waals surface area contributed by atoms with Crippen LogP contribution in [-0.4, -0.2) is 56.4 Å². The highest BCUT2D eigenvalue weighted by molar-refractivity contribution is 6.64. The maximum Gasteiger partial charge on any atom is 0.290 e. The lowest BCUT2D eigenvalue weighted by molar-refractivity contribution is 0.414. The van der Waals surface area contributed by atoms with Crippen molar-refractivity contribution in [2.75, 3.05) is 19.6 Å². The average molecular weight is 232 g/mol. The molecule has 1 saturated heterocycles. The second kappa shape index (κ2) is 7.50. The molecule has 3 nitrogen and oxygen atoms in total. The van der Waals surface area contributed by atoms with E-state index in [1.807, 2.05) is 0 Å². The Balaban J connectivity index is 2.49. The van der Waals surface area contributed by atoms with E-state index >= 15 is 0 Å². The van der Waals surface area contributed by atoms with E-state index in [0.29, 0.717) is 11.8 Å². The monoisotopic (exact) mass is 232 g/mol. The molecule has 1 aliphatic rings. The second-order valence-electron chi connectivity index (χ2n) is 5.77. The molecule has 1 aliphatic heterocycles. The van der Waals surface area contributed by atoms with Crippen LogP contribution in [0.2, 0.25) is 0 Å². The summed E-state index contributed by atoms with van der Waals surface area (Å²) >= 11 is 0. The van der Waals surface area contributed by atoms with Crippen molar-refractivity contribution in [3.05, 3.63) is 0 Å². The van der Waals surface area contributed by atoms with Crippen LogP contribution >= 0.6 is 0 Å². The van der Waals surface area contributed by atoms with E-state index in [0.717, 1.165) is 19.6 Å². The van der Waals surface area contributed by atoms with Crippen molar-refractivity contribution < 1.29 is 0 Å². The Hall–Kier alpha value is 0.0748. The van der Waals surface area contributed by atoms with Crippen molar-refractivity contribution in [1.82, 2.24) is 14.2 Å². The van der Waals surface area contributed by atoms with E-state index in [-0.39, 0.29) is 0 Å². The third-order valence-corrected chi connectivity index (χ3v) is 2.52. The zero-order valence-corrected chi connectivity index (χ0v) is 12.1. The molecule has 1 heterocycles. The average Bonchev–Trinajstić information content (AvgIpc) is 2.14. The maximum absolute atomic E-state index is 2.31. The topological polar surface area (TPSA) is 9.72 Å². The third kappa shape index (κ3) is 5.98.